The highest BCUT2D eigenvalue weighted by Crippen LogP contribution is 2.15. The predicted octanol–water partition coefficient (Wildman–Crippen LogP) is 4.19. The van der Waals surface area contributed by atoms with Crippen LogP contribution >= 0.6 is 0 Å². The summed E-state index contributed by atoms with van der Waals surface area (Å²) in [4.78, 5) is 21.3. The predicted molar refractivity (Wildman–Crippen MR) is 115 cm³/mol. The number of hydrogen-bond acceptors (Lipinski definition) is 4. The average Bonchev–Trinajstić information content (AvgIpc) is 2.74. The van der Waals surface area contributed by atoms with Gasteiger partial charge in [0.2, 0.25) is 5.96 Å². The molecule has 0 aliphatic carbocycles. The fraction of sp³-hybridized carbons (Fsp3) is 0.174. The summed E-state index contributed by atoms with van der Waals surface area (Å²) < 4.78 is 5.47. The lowest BCUT2D eigenvalue weighted by atomic mass is 10.1. The zero-order valence-electron chi connectivity index (χ0n) is 16.6. The largest absolute Gasteiger partial charge is 0.494 e. The normalized spacial score (nSPS) is 11.0. The highest BCUT2D eigenvalue weighted by molar-refractivity contribution is 6.10. The molecule has 0 aliphatic heterocycles. The number of carbonyl (C=O) groups excluding carboxylic acids is 1. The third-order valence-corrected chi connectivity index (χ3v) is 4.08. The lowest BCUT2D eigenvalue weighted by molar-refractivity contribution is 0.0977. The molecule has 3 aromatic rings. The molecule has 148 valence electrons. The van der Waals surface area contributed by atoms with Crippen LogP contribution in [0.1, 0.15) is 28.4 Å². The monoisotopic (exact) mass is 388 g/mol. The van der Waals surface area contributed by atoms with E-state index >= 15 is 0 Å². The summed E-state index contributed by atoms with van der Waals surface area (Å²) in [5.74, 6) is 0.928. The summed E-state index contributed by atoms with van der Waals surface area (Å²) in [6.45, 7) is 4.89. The zero-order valence-corrected chi connectivity index (χ0v) is 16.6. The van der Waals surface area contributed by atoms with Crippen LogP contribution in [0.3, 0.4) is 0 Å². The van der Waals surface area contributed by atoms with Crippen LogP contribution in [0.4, 0.5) is 5.69 Å². The standard InChI is InChI=1S/C23H24N4O2/c1-3-29-21-11-9-20(10-12-21)26-23(25-16-18-7-5-13-24-15-18)27-22(28)19-8-4-6-17(2)14-19/h4-15H,3,16H2,1-2H3,(H2,25,26,27,28). The molecule has 0 saturated heterocycles. The summed E-state index contributed by atoms with van der Waals surface area (Å²) in [5, 5.41) is 6.04. The van der Waals surface area contributed by atoms with Gasteiger partial charge in [-0.1, -0.05) is 23.8 Å². The molecular formula is C23H24N4O2. The van der Waals surface area contributed by atoms with Crippen molar-refractivity contribution in [2.75, 3.05) is 11.9 Å². The minimum atomic E-state index is -0.225. The van der Waals surface area contributed by atoms with E-state index in [-0.39, 0.29) is 5.91 Å². The topological polar surface area (TPSA) is 75.6 Å². The number of carbonyl (C=O) groups is 1. The number of hydrogen-bond donors (Lipinski definition) is 2. The first-order chi connectivity index (χ1) is 14.1. The van der Waals surface area contributed by atoms with Crippen LogP contribution in [0.5, 0.6) is 5.75 Å². The van der Waals surface area contributed by atoms with Gasteiger partial charge in [0.1, 0.15) is 5.75 Å². The van der Waals surface area contributed by atoms with Gasteiger partial charge in [0.25, 0.3) is 5.91 Å². The highest BCUT2D eigenvalue weighted by Gasteiger charge is 2.10. The van der Waals surface area contributed by atoms with Gasteiger partial charge in [-0.25, -0.2) is 4.99 Å². The van der Waals surface area contributed by atoms with Crippen LogP contribution in [-0.4, -0.2) is 23.5 Å². The van der Waals surface area contributed by atoms with E-state index in [0.717, 1.165) is 22.6 Å². The van der Waals surface area contributed by atoms with Crippen molar-refractivity contribution in [3.05, 3.63) is 89.7 Å². The second-order valence-electron chi connectivity index (χ2n) is 6.43. The third kappa shape index (κ3) is 6.17. The van der Waals surface area contributed by atoms with Gasteiger partial charge in [0, 0.05) is 23.6 Å². The number of pyridine rings is 1. The van der Waals surface area contributed by atoms with Crippen molar-refractivity contribution in [2.45, 2.75) is 20.4 Å². The number of rotatable bonds is 6. The first-order valence-corrected chi connectivity index (χ1v) is 9.45. The molecule has 0 bridgehead atoms. The number of ether oxygens (including phenoxy) is 1. The summed E-state index contributed by atoms with van der Waals surface area (Å²) in [6, 6.07) is 18.7. The second-order valence-corrected chi connectivity index (χ2v) is 6.43. The molecule has 0 unspecified atom stereocenters. The molecule has 0 radical (unpaired) electrons. The molecule has 2 N–H and O–H groups in total. The molecule has 0 aliphatic rings. The van der Waals surface area contributed by atoms with Crippen LogP contribution < -0.4 is 15.4 Å². The average molecular weight is 388 g/mol. The Morgan fingerprint density at radius 1 is 1.10 bits per heavy atom. The van der Waals surface area contributed by atoms with E-state index in [0.29, 0.717) is 24.7 Å². The fourth-order valence-electron chi connectivity index (χ4n) is 2.68. The molecule has 1 aromatic heterocycles. The number of nitrogens with zero attached hydrogens (tertiary/aromatic N) is 2. The van der Waals surface area contributed by atoms with Crippen LogP contribution in [0.25, 0.3) is 0 Å². The summed E-state index contributed by atoms with van der Waals surface area (Å²) in [7, 11) is 0. The molecule has 1 amide bonds. The number of nitrogens with one attached hydrogen (secondary N) is 2. The second kappa shape index (κ2) is 10.0. The van der Waals surface area contributed by atoms with E-state index in [4.69, 9.17) is 4.74 Å². The first kappa shape index (κ1) is 20.1. The molecule has 0 spiro atoms. The van der Waals surface area contributed by atoms with Gasteiger partial charge in [-0.15, -0.1) is 0 Å². The van der Waals surface area contributed by atoms with E-state index in [1.54, 1.807) is 18.5 Å². The van der Waals surface area contributed by atoms with Crippen molar-refractivity contribution in [2.24, 2.45) is 4.99 Å². The Kier molecular flexibility index (Phi) is 6.95. The van der Waals surface area contributed by atoms with Crippen LogP contribution in [-0.2, 0) is 6.54 Å². The molecule has 2 aromatic carbocycles. The fourth-order valence-corrected chi connectivity index (χ4v) is 2.68. The van der Waals surface area contributed by atoms with E-state index in [9.17, 15) is 4.79 Å². The number of aryl methyl sites for hydroxylation is 1. The van der Waals surface area contributed by atoms with Gasteiger partial charge in [-0.2, -0.15) is 0 Å². The van der Waals surface area contributed by atoms with Crippen molar-refractivity contribution in [3.8, 4) is 5.75 Å². The number of amides is 1. The Morgan fingerprint density at radius 3 is 2.62 bits per heavy atom. The Hall–Kier alpha value is -3.67. The molecule has 1 heterocycles. The van der Waals surface area contributed by atoms with Gasteiger partial charge >= 0.3 is 0 Å². The summed E-state index contributed by atoms with van der Waals surface area (Å²) >= 11 is 0. The Morgan fingerprint density at radius 2 is 1.93 bits per heavy atom. The maximum Gasteiger partial charge on any atom is 0.257 e. The molecule has 29 heavy (non-hydrogen) atoms. The van der Waals surface area contributed by atoms with Gasteiger partial charge in [-0.3, -0.25) is 15.1 Å². The van der Waals surface area contributed by atoms with Gasteiger partial charge in [-0.05, 0) is 61.9 Å². The van der Waals surface area contributed by atoms with Crippen LogP contribution in [0, 0.1) is 6.92 Å². The molecule has 0 atom stereocenters. The number of benzene rings is 2. The summed E-state index contributed by atoms with van der Waals surface area (Å²) in [6.07, 6.45) is 3.46. The van der Waals surface area contributed by atoms with E-state index < -0.39 is 0 Å². The van der Waals surface area contributed by atoms with Gasteiger partial charge in [0.05, 0.1) is 13.2 Å². The Bertz CT molecular complexity index is 970. The lowest BCUT2D eigenvalue weighted by Gasteiger charge is -2.13. The molecule has 0 saturated carbocycles. The number of aliphatic imine (C=N–C) groups is 1. The SMILES string of the molecule is CCOc1ccc(NC(=NCc2cccnc2)NC(=O)c2cccc(C)c2)cc1. The molecule has 0 fully saturated rings. The Labute approximate surface area is 170 Å². The number of guanidine groups is 1. The van der Waals surface area contributed by atoms with Crippen LogP contribution in [0.2, 0.25) is 0 Å². The van der Waals surface area contributed by atoms with Crippen molar-refractivity contribution in [1.29, 1.82) is 0 Å². The number of anilines is 1. The molecule has 3 rings (SSSR count). The molecular weight excluding hydrogens is 364 g/mol. The minimum Gasteiger partial charge on any atom is -0.494 e. The van der Waals surface area contributed by atoms with Crippen LogP contribution in [0.15, 0.2) is 78.0 Å². The summed E-state index contributed by atoms with van der Waals surface area (Å²) in [5.41, 5.74) is 3.34. The van der Waals surface area contributed by atoms with Gasteiger partial charge in [0.15, 0.2) is 0 Å². The van der Waals surface area contributed by atoms with E-state index in [1.807, 2.05) is 68.4 Å². The number of aromatic nitrogens is 1. The zero-order chi connectivity index (χ0) is 20.5. The lowest BCUT2D eigenvalue weighted by Crippen LogP contribution is -2.36. The minimum absolute atomic E-state index is 0.225. The van der Waals surface area contributed by atoms with Gasteiger partial charge < -0.3 is 10.1 Å². The smallest absolute Gasteiger partial charge is 0.257 e. The van der Waals surface area contributed by atoms with Crippen molar-refractivity contribution >= 4 is 17.6 Å². The Balaban J connectivity index is 1.77. The third-order valence-electron chi connectivity index (χ3n) is 4.08. The van der Waals surface area contributed by atoms with E-state index in [1.165, 1.54) is 0 Å². The molecule has 6 nitrogen and oxygen atoms in total. The van der Waals surface area contributed by atoms with Crippen molar-refractivity contribution < 1.29 is 9.53 Å². The highest BCUT2D eigenvalue weighted by atomic mass is 16.5. The van der Waals surface area contributed by atoms with E-state index in [2.05, 4.69) is 20.6 Å². The maximum absolute atomic E-state index is 12.7. The first-order valence-electron chi connectivity index (χ1n) is 9.45. The molecule has 6 heteroatoms. The maximum atomic E-state index is 12.7. The quantitative estimate of drug-likeness (QED) is 0.490. The van der Waals surface area contributed by atoms with Crippen molar-refractivity contribution in [1.82, 2.24) is 10.3 Å². The van der Waals surface area contributed by atoms with Crippen molar-refractivity contribution in [3.63, 3.8) is 0 Å².